The van der Waals surface area contributed by atoms with E-state index in [0.717, 1.165) is 100.0 Å². The van der Waals surface area contributed by atoms with Gasteiger partial charge in [-0.1, -0.05) is 71.7 Å². The van der Waals surface area contributed by atoms with Gasteiger partial charge in [0.15, 0.2) is 11.3 Å². The Bertz CT molecular complexity index is 5580. The minimum absolute atomic E-state index is 0.00186. The van der Waals surface area contributed by atoms with E-state index in [4.69, 9.17) is 23.2 Å². The molecule has 21 heteroatoms. The second-order valence-electron chi connectivity index (χ2n) is 21.9. The van der Waals surface area contributed by atoms with Crippen molar-refractivity contribution in [3.63, 3.8) is 0 Å². The van der Waals surface area contributed by atoms with Crippen LogP contribution in [0.2, 0.25) is 10.0 Å². The van der Waals surface area contributed by atoms with E-state index in [2.05, 4.69) is 67.2 Å². The maximum absolute atomic E-state index is 14.6. The van der Waals surface area contributed by atoms with Crippen LogP contribution in [0.25, 0.3) is 122 Å². The van der Waals surface area contributed by atoms with E-state index in [1.54, 1.807) is 62.8 Å². The fraction of sp³-hybridized carbons (Fsp3) is 0.0533. The van der Waals surface area contributed by atoms with Crippen molar-refractivity contribution in [2.45, 2.75) is 27.7 Å². The van der Waals surface area contributed by atoms with Crippen LogP contribution in [0.3, 0.4) is 0 Å². The number of hydrogen-bond donors (Lipinski definition) is 0. The topological polar surface area (TPSA) is 151 Å². The molecule has 0 saturated heterocycles. The lowest BCUT2D eigenvalue weighted by atomic mass is 9.97. The lowest BCUT2D eigenvalue weighted by Crippen LogP contribution is -1.97. The third kappa shape index (κ3) is 13.1. The highest BCUT2D eigenvalue weighted by atomic mass is 35.5. The van der Waals surface area contributed by atoms with Crippen LogP contribution in [0, 0.1) is 56.8 Å². The van der Waals surface area contributed by atoms with Gasteiger partial charge in [0.2, 0.25) is 0 Å². The van der Waals surface area contributed by atoms with E-state index in [-0.39, 0.29) is 22.0 Å². The van der Waals surface area contributed by atoms with E-state index < -0.39 is 23.3 Å². The van der Waals surface area contributed by atoms with E-state index >= 15 is 0 Å². The van der Waals surface area contributed by atoms with Gasteiger partial charge < -0.3 is 0 Å². The second-order valence-corrected chi connectivity index (χ2v) is 23.7. The van der Waals surface area contributed by atoms with Crippen LogP contribution in [0.1, 0.15) is 22.4 Å². The number of halogens is 7. The van der Waals surface area contributed by atoms with Crippen LogP contribution in [-0.2, 0) is 0 Å². The molecular weight excluding hydrogens is 1280 g/mol. The van der Waals surface area contributed by atoms with Gasteiger partial charge in [-0.15, -0.1) is 11.3 Å². The zero-order chi connectivity index (χ0) is 66.6. The van der Waals surface area contributed by atoms with Crippen molar-refractivity contribution in [1.29, 1.82) is 0 Å². The smallest absolute Gasteiger partial charge is 0.155 e. The largest absolute Gasteiger partial charge is 0.256 e. The van der Waals surface area contributed by atoms with E-state index in [1.165, 1.54) is 49.9 Å². The molecule has 96 heavy (non-hydrogen) atoms. The zero-order valence-corrected chi connectivity index (χ0v) is 53.6. The Labute approximate surface area is 560 Å². The molecule has 11 heterocycles. The zero-order valence-electron chi connectivity index (χ0n) is 51.3. The summed E-state index contributed by atoms with van der Waals surface area (Å²) in [6.45, 7) is 7.34. The number of hydrogen-bond acceptors (Lipinski definition) is 12. The monoisotopic (exact) mass is 1330 g/mol. The Morgan fingerprint density at radius 1 is 0.396 bits per heavy atom. The molecule has 0 aliphatic rings. The predicted octanol–water partition coefficient (Wildman–Crippen LogP) is 19.5. The Balaban J connectivity index is 0.000000116. The molecule has 0 radical (unpaired) electrons. The molecule has 0 fully saturated rings. The van der Waals surface area contributed by atoms with Gasteiger partial charge in [0.1, 0.15) is 41.7 Å². The first kappa shape index (κ1) is 63.4. The molecule has 13 nitrogen and oxygen atoms in total. The predicted molar refractivity (Wildman–Crippen MR) is 369 cm³/mol. The molecule has 16 aromatic rings. The van der Waals surface area contributed by atoms with Crippen molar-refractivity contribution in [2.75, 3.05) is 0 Å². The van der Waals surface area contributed by atoms with E-state index in [0.29, 0.717) is 44.4 Å². The highest BCUT2D eigenvalue weighted by Gasteiger charge is 2.21. The van der Waals surface area contributed by atoms with Crippen LogP contribution in [0.15, 0.2) is 231 Å². The van der Waals surface area contributed by atoms with Crippen LogP contribution in [0.4, 0.5) is 22.0 Å². The number of aromatic nitrogens is 13. The molecule has 0 aliphatic heterocycles. The molecule has 0 bridgehead atoms. The van der Waals surface area contributed by atoms with Gasteiger partial charge in [0.25, 0.3) is 0 Å². The first-order valence-corrected chi connectivity index (χ1v) is 31.4. The van der Waals surface area contributed by atoms with Crippen molar-refractivity contribution in [3.05, 3.63) is 293 Å². The summed E-state index contributed by atoms with van der Waals surface area (Å²) in [7, 11) is 0. The first-order valence-electron chi connectivity index (χ1n) is 29.7. The van der Waals surface area contributed by atoms with Gasteiger partial charge in [-0.05, 0) is 160 Å². The molecule has 0 N–H and O–H groups in total. The van der Waals surface area contributed by atoms with Gasteiger partial charge >= 0.3 is 0 Å². The number of rotatable bonds is 8. The van der Waals surface area contributed by atoms with Crippen molar-refractivity contribution in [3.8, 4) is 89.7 Å². The molecule has 0 amide bonds. The van der Waals surface area contributed by atoms with Crippen LogP contribution in [-0.4, -0.2) is 64.1 Å². The van der Waals surface area contributed by atoms with Gasteiger partial charge in [-0.3, -0.25) is 29.9 Å². The van der Waals surface area contributed by atoms with E-state index in [1.807, 2.05) is 149 Å². The number of para-hydroxylation sites is 1. The van der Waals surface area contributed by atoms with Gasteiger partial charge in [-0.25, -0.2) is 45.9 Å². The average molecular weight is 1330 g/mol. The van der Waals surface area contributed by atoms with E-state index in [9.17, 15) is 22.0 Å². The fourth-order valence-electron chi connectivity index (χ4n) is 11.1. The highest BCUT2D eigenvalue weighted by molar-refractivity contribution is 7.16. The lowest BCUT2D eigenvalue weighted by Gasteiger charge is -2.12. The molecule has 16 rings (SSSR count). The third-order valence-electron chi connectivity index (χ3n) is 15.8. The van der Waals surface area contributed by atoms with Crippen molar-refractivity contribution >= 4 is 67.0 Å². The summed E-state index contributed by atoms with van der Waals surface area (Å²) in [4.78, 5) is 39.4. The Hall–Kier alpha value is -11.4. The normalized spacial score (nSPS) is 11.1. The lowest BCUT2D eigenvalue weighted by molar-refractivity contribution is 0.570. The average Bonchev–Trinajstić information content (AvgIpc) is 1.06. The highest BCUT2D eigenvalue weighted by Crippen LogP contribution is 2.40. The fourth-order valence-corrected chi connectivity index (χ4v) is 12.1. The SMILES string of the molecule is Cc1c(F)ccc(-c2ncccc2-c2ccc3ncsc3c2)c1F.Cc1cc2ncnn2cc1-c1cccnc1-c1cc(Cl)c(F)cc1F.Cc1cc2ncnn2cc1-c1cccnc1-c1cc(Cl)ccc1F.Cc1cccc(-c2cccnc2-c2ccnc3ccccc23)n1. The maximum atomic E-state index is 14.6. The number of benzene rings is 5. The first-order chi connectivity index (χ1) is 46.6. The van der Waals surface area contributed by atoms with Crippen molar-refractivity contribution < 1.29 is 22.0 Å². The molecule has 0 aliphatic carbocycles. The standard InChI is InChI=1S/C20H15N3.C19H12F2N2S.C18H11ClF2N4.C18H12ClFN4/c1-14-6-4-10-19(23-14)17-8-5-12-22-20(17)16-11-13-21-18-9-3-2-7-15(16)18;1-11-15(20)6-5-14(18(11)21)19-13(3-2-8-22-19)12-4-7-16-17(9-12)24-10-23-16;1-10-5-17-23-9-24-25(17)8-13(10)11-3-2-4-22-18(11)12-6-14(19)16(21)7-15(12)20;1-11-7-17-22-10-23-24(17)9-15(11)13-3-2-6-21-18(13)14-8-12(19)4-5-16(14)20/h2-13H,1H3;2-10H,1H3;2-9H,1H3;2-10H,1H3. The third-order valence-corrected chi connectivity index (χ3v) is 17.1. The summed E-state index contributed by atoms with van der Waals surface area (Å²) in [6.07, 6.45) is 15.1. The summed E-state index contributed by atoms with van der Waals surface area (Å²) in [5, 5.41) is 9.71. The van der Waals surface area contributed by atoms with Crippen molar-refractivity contribution in [1.82, 2.24) is 64.1 Å². The van der Waals surface area contributed by atoms with Crippen molar-refractivity contribution in [2.24, 2.45) is 0 Å². The van der Waals surface area contributed by atoms with Crippen LogP contribution < -0.4 is 0 Å². The summed E-state index contributed by atoms with van der Waals surface area (Å²) < 4.78 is 74.7. The van der Waals surface area contributed by atoms with Crippen LogP contribution in [0.5, 0.6) is 0 Å². The molecule has 470 valence electrons. The molecule has 5 aromatic carbocycles. The Morgan fingerprint density at radius 3 is 1.65 bits per heavy atom. The minimum Gasteiger partial charge on any atom is -0.256 e. The quantitative estimate of drug-likeness (QED) is 0.106. The molecule has 0 saturated carbocycles. The molecule has 0 atom stereocenters. The molecule has 0 unspecified atom stereocenters. The summed E-state index contributed by atoms with van der Waals surface area (Å²) in [5.41, 5.74) is 19.3. The second kappa shape index (κ2) is 27.7. The summed E-state index contributed by atoms with van der Waals surface area (Å²) in [5.74, 6) is -3.02. The van der Waals surface area contributed by atoms with Gasteiger partial charge in [0.05, 0.1) is 54.7 Å². The number of pyridine rings is 8. The summed E-state index contributed by atoms with van der Waals surface area (Å²) in [6, 6.07) is 50.2. The maximum Gasteiger partial charge on any atom is 0.155 e. The Kier molecular flexibility index (Phi) is 18.3. The minimum atomic E-state index is -0.805. The molecular formula is C75H50Cl2F5N13S. The van der Waals surface area contributed by atoms with Gasteiger partial charge in [0, 0.05) is 127 Å². The van der Waals surface area contributed by atoms with Gasteiger partial charge in [-0.2, -0.15) is 10.2 Å². The number of fused-ring (bicyclic) bond motifs is 4. The Morgan fingerprint density at radius 2 is 0.990 bits per heavy atom. The summed E-state index contributed by atoms with van der Waals surface area (Å²) >= 11 is 13.4. The molecule has 11 aromatic heterocycles. The van der Waals surface area contributed by atoms with Crippen LogP contribution >= 0.6 is 34.5 Å². The number of aryl methyl sites for hydroxylation is 3. The number of thiazole rings is 1. The number of nitrogens with zero attached hydrogens (tertiary/aromatic N) is 13. The molecule has 0 spiro atoms.